The number of nitrogens with one attached hydrogen (secondary N) is 3. The zero-order valence-corrected chi connectivity index (χ0v) is 23.8. The maximum absolute atomic E-state index is 14.6. The third kappa shape index (κ3) is 6.08. The molecule has 208 valence electrons. The van der Waals surface area contributed by atoms with Gasteiger partial charge >= 0.3 is 6.03 Å². The Labute approximate surface area is 235 Å². The molecule has 3 aromatic rings. The molecule has 1 saturated heterocycles. The van der Waals surface area contributed by atoms with E-state index in [0.29, 0.717) is 24.7 Å². The summed E-state index contributed by atoms with van der Waals surface area (Å²) in [6.45, 7) is 6.39. The van der Waals surface area contributed by atoms with Crippen LogP contribution in [-0.4, -0.2) is 86.1 Å². The summed E-state index contributed by atoms with van der Waals surface area (Å²) in [7, 11) is 4.11. The van der Waals surface area contributed by atoms with Gasteiger partial charge in [-0.3, -0.25) is 4.79 Å². The van der Waals surface area contributed by atoms with Gasteiger partial charge in [-0.15, -0.1) is 0 Å². The van der Waals surface area contributed by atoms with Crippen molar-refractivity contribution in [2.24, 2.45) is 5.92 Å². The van der Waals surface area contributed by atoms with Crippen LogP contribution >= 0.6 is 11.6 Å². The first-order chi connectivity index (χ1) is 18.8. The Morgan fingerprint density at radius 3 is 2.79 bits per heavy atom. The largest absolute Gasteiger partial charge is 0.361 e. The Kier molecular flexibility index (Phi) is 8.45. The van der Waals surface area contributed by atoms with Crippen molar-refractivity contribution in [1.29, 1.82) is 0 Å². The smallest absolute Gasteiger partial charge is 0.318 e. The van der Waals surface area contributed by atoms with E-state index >= 15 is 0 Å². The number of hydrogen-bond donors (Lipinski definition) is 3. The molecule has 3 amide bonds. The summed E-state index contributed by atoms with van der Waals surface area (Å²) in [4.78, 5) is 37.3. The number of fused-ring (bicyclic) bond motifs is 2. The molecule has 1 aromatic heterocycles. The van der Waals surface area contributed by atoms with Crippen LogP contribution in [0.2, 0.25) is 5.02 Å². The second kappa shape index (κ2) is 12.0. The number of nitrogens with zero attached hydrogens (tertiary/aromatic N) is 3. The Morgan fingerprint density at radius 1 is 1.15 bits per heavy atom. The molecule has 3 atom stereocenters. The third-order valence-corrected chi connectivity index (χ3v) is 8.19. The van der Waals surface area contributed by atoms with Gasteiger partial charge < -0.3 is 30.3 Å². The van der Waals surface area contributed by atoms with E-state index in [-0.39, 0.29) is 23.8 Å². The van der Waals surface area contributed by atoms with Crippen molar-refractivity contribution in [3.8, 4) is 0 Å². The second-order valence-corrected chi connectivity index (χ2v) is 11.6. The Morgan fingerprint density at radius 2 is 1.97 bits per heavy atom. The van der Waals surface area contributed by atoms with Crippen LogP contribution in [0.4, 0.5) is 10.5 Å². The number of anilines is 1. The summed E-state index contributed by atoms with van der Waals surface area (Å²) in [5.41, 5.74) is 3.97. The van der Waals surface area contributed by atoms with Gasteiger partial charge in [0.1, 0.15) is 6.04 Å². The highest BCUT2D eigenvalue weighted by molar-refractivity contribution is 6.30. The van der Waals surface area contributed by atoms with Crippen LogP contribution in [0.3, 0.4) is 0 Å². The molecule has 0 saturated carbocycles. The van der Waals surface area contributed by atoms with Gasteiger partial charge in [0.05, 0.1) is 0 Å². The van der Waals surface area contributed by atoms with Gasteiger partial charge in [-0.2, -0.15) is 0 Å². The number of urea groups is 1. The molecule has 8 nitrogen and oxygen atoms in total. The highest BCUT2D eigenvalue weighted by Gasteiger charge is 2.38. The van der Waals surface area contributed by atoms with E-state index in [2.05, 4.69) is 40.7 Å². The maximum atomic E-state index is 14.6. The van der Waals surface area contributed by atoms with Crippen LogP contribution in [0.1, 0.15) is 30.4 Å². The molecule has 2 aliphatic heterocycles. The summed E-state index contributed by atoms with van der Waals surface area (Å²) in [5, 5.41) is 8.25. The fourth-order valence-electron chi connectivity index (χ4n) is 6.05. The van der Waals surface area contributed by atoms with E-state index in [1.54, 1.807) is 0 Å². The molecule has 5 rings (SSSR count). The van der Waals surface area contributed by atoms with Crippen molar-refractivity contribution in [2.45, 2.75) is 31.7 Å². The van der Waals surface area contributed by atoms with Crippen LogP contribution in [0, 0.1) is 5.92 Å². The monoisotopic (exact) mass is 550 g/mol. The maximum Gasteiger partial charge on any atom is 0.318 e. The van der Waals surface area contributed by atoms with Crippen molar-refractivity contribution in [3.05, 3.63) is 64.8 Å². The van der Waals surface area contributed by atoms with Gasteiger partial charge in [-0.25, -0.2) is 4.79 Å². The summed E-state index contributed by atoms with van der Waals surface area (Å²) >= 11 is 6.38. The number of carbonyl (C=O) groups excluding carboxylic acids is 2. The molecule has 0 spiro atoms. The number of benzene rings is 2. The molecule has 1 fully saturated rings. The second-order valence-electron chi connectivity index (χ2n) is 11.2. The number of amides is 3. The zero-order chi connectivity index (χ0) is 27.5. The molecule has 9 heteroatoms. The van der Waals surface area contributed by atoms with E-state index in [1.807, 2.05) is 59.3 Å². The van der Waals surface area contributed by atoms with Crippen LogP contribution < -0.4 is 15.5 Å². The van der Waals surface area contributed by atoms with Gasteiger partial charge in [0.25, 0.3) is 0 Å². The van der Waals surface area contributed by atoms with E-state index in [9.17, 15) is 9.59 Å². The SMILES string of the molecule is C[C@H](c1c[nH]c2ccccc12)[C@@H](NC(=O)N1CCCNCC1)C(=O)N1C[C@@H](CN(C)C)Cc2cc(Cl)ccc21. The molecule has 3 heterocycles. The lowest BCUT2D eigenvalue weighted by Gasteiger charge is -2.39. The number of hydrogen-bond acceptors (Lipinski definition) is 4. The first-order valence-corrected chi connectivity index (χ1v) is 14.3. The normalized spacial score (nSPS) is 19.5. The predicted molar refractivity (Wildman–Crippen MR) is 158 cm³/mol. The van der Waals surface area contributed by atoms with Gasteiger partial charge in [0.15, 0.2) is 0 Å². The lowest BCUT2D eigenvalue weighted by atomic mass is 9.88. The molecule has 39 heavy (non-hydrogen) atoms. The van der Waals surface area contributed by atoms with E-state index in [4.69, 9.17) is 11.6 Å². The fourth-order valence-corrected chi connectivity index (χ4v) is 6.25. The van der Waals surface area contributed by atoms with Crippen molar-refractivity contribution >= 4 is 40.1 Å². The molecule has 3 N–H and O–H groups in total. The Bertz CT molecular complexity index is 1320. The van der Waals surface area contributed by atoms with Crippen LogP contribution in [0.5, 0.6) is 0 Å². The van der Waals surface area contributed by atoms with Gasteiger partial charge in [-0.05, 0) is 74.8 Å². The van der Waals surface area contributed by atoms with Gasteiger partial charge in [0, 0.05) is 66.5 Å². The lowest BCUT2D eigenvalue weighted by Crippen LogP contribution is -2.56. The third-order valence-electron chi connectivity index (χ3n) is 7.96. The van der Waals surface area contributed by atoms with Crippen LogP contribution in [-0.2, 0) is 11.2 Å². The number of para-hydroxylation sites is 1. The predicted octanol–water partition coefficient (Wildman–Crippen LogP) is 4.07. The average Bonchev–Trinajstić information content (AvgIpc) is 3.15. The standard InChI is InChI=1S/C30H39ClN6O2/c1-20(25-17-33-26-8-5-4-7-24(25)26)28(34-30(39)36-13-6-11-32-12-14-36)29(38)37-19-21(18-35(2)3)15-22-16-23(31)9-10-27(22)37/h4-5,7-10,16-17,20-21,28,32-33H,6,11-15,18-19H2,1-3H3,(H,34,39)/t20-,21-,28-/m1/s1. The van der Waals surface area contributed by atoms with E-state index in [0.717, 1.165) is 60.2 Å². The number of halogens is 1. The average molecular weight is 551 g/mol. The van der Waals surface area contributed by atoms with Crippen LogP contribution in [0.25, 0.3) is 10.9 Å². The van der Waals surface area contributed by atoms with Gasteiger partial charge in [-0.1, -0.05) is 36.7 Å². The van der Waals surface area contributed by atoms with E-state index in [1.165, 1.54) is 0 Å². The molecule has 0 bridgehead atoms. The molecule has 2 aromatic carbocycles. The number of H-pyrrole nitrogens is 1. The summed E-state index contributed by atoms with van der Waals surface area (Å²) < 4.78 is 0. The summed E-state index contributed by atoms with van der Waals surface area (Å²) in [6.07, 6.45) is 3.71. The van der Waals surface area contributed by atoms with Gasteiger partial charge in [0.2, 0.25) is 5.91 Å². The number of carbonyl (C=O) groups is 2. The summed E-state index contributed by atoms with van der Waals surface area (Å²) in [6, 6.07) is 12.9. The molecular formula is C30H39ClN6O2. The molecule has 0 radical (unpaired) electrons. The topological polar surface area (TPSA) is 83.7 Å². The quantitative estimate of drug-likeness (QED) is 0.432. The molecule has 0 aliphatic carbocycles. The number of rotatable bonds is 6. The zero-order valence-electron chi connectivity index (χ0n) is 23.0. The van der Waals surface area contributed by atoms with Crippen LogP contribution in [0.15, 0.2) is 48.7 Å². The Hall–Kier alpha value is -3.07. The number of aromatic nitrogens is 1. The lowest BCUT2D eigenvalue weighted by molar-refractivity contribution is -0.121. The highest BCUT2D eigenvalue weighted by atomic mass is 35.5. The summed E-state index contributed by atoms with van der Waals surface area (Å²) in [5.74, 6) is -0.0971. The Balaban J connectivity index is 1.50. The minimum Gasteiger partial charge on any atom is -0.361 e. The minimum absolute atomic E-state index is 0.0962. The number of aromatic amines is 1. The first-order valence-electron chi connectivity index (χ1n) is 13.9. The van der Waals surface area contributed by atoms with Crippen molar-refractivity contribution in [3.63, 3.8) is 0 Å². The first kappa shape index (κ1) is 27.5. The van der Waals surface area contributed by atoms with Crippen molar-refractivity contribution < 1.29 is 9.59 Å². The minimum atomic E-state index is -0.741. The van der Waals surface area contributed by atoms with Crippen molar-refractivity contribution in [1.82, 2.24) is 25.4 Å². The highest BCUT2D eigenvalue weighted by Crippen LogP contribution is 2.35. The van der Waals surface area contributed by atoms with E-state index < -0.39 is 6.04 Å². The van der Waals surface area contributed by atoms with Crippen molar-refractivity contribution in [2.75, 3.05) is 58.3 Å². The molecule has 2 aliphatic rings. The molecular weight excluding hydrogens is 512 g/mol. The fraction of sp³-hybridized carbons (Fsp3) is 0.467. The molecule has 0 unspecified atom stereocenters.